The Morgan fingerprint density at radius 1 is 1.00 bits per heavy atom. The van der Waals surface area contributed by atoms with E-state index in [9.17, 15) is 13.8 Å². The number of carbonyl (C=O) groups is 2. The van der Waals surface area contributed by atoms with E-state index < -0.39 is 34.4 Å². The summed E-state index contributed by atoms with van der Waals surface area (Å²) in [5, 5.41) is 0.848. The van der Waals surface area contributed by atoms with Crippen LogP contribution in [0.25, 0.3) is 22.2 Å². The summed E-state index contributed by atoms with van der Waals surface area (Å²) < 4.78 is 32.1. The molecule has 2 heterocycles. The molecule has 10 heteroatoms. The lowest BCUT2D eigenvalue weighted by molar-refractivity contribution is 0.0537. The van der Waals surface area contributed by atoms with Crippen molar-refractivity contribution in [1.82, 2.24) is 9.55 Å². The maximum absolute atomic E-state index is 13.2. The molecule has 1 aromatic carbocycles. The van der Waals surface area contributed by atoms with Crippen LogP contribution in [0.2, 0.25) is 0 Å². The van der Waals surface area contributed by atoms with Crippen molar-refractivity contribution in [3.63, 3.8) is 0 Å². The van der Waals surface area contributed by atoms with E-state index >= 15 is 0 Å². The van der Waals surface area contributed by atoms with Gasteiger partial charge in [0, 0.05) is 35.0 Å². The quantitative estimate of drug-likeness (QED) is 0.302. The number of nitrogens with zero attached hydrogens (tertiary/aromatic N) is 3. The number of hydrogen-bond acceptors (Lipinski definition) is 7. The zero-order chi connectivity index (χ0) is 30.9. The number of methoxy groups -OCH3 is 1. The van der Waals surface area contributed by atoms with Crippen LogP contribution in [0.15, 0.2) is 30.5 Å². The van der Waals surface area contributed by atoms with Gasteiger partial charge in [0.2, 0.25) is 0 Å². The molecule has 3 aromatic rings. The Kier molecular flexibility index (Phi) is 9.58. The lowest BCUT2D eigenvalue weighted by atomic mass is 10.0. The van der Waals surface area contributed by atoms with Crippen LogP contribution in [0.3, 0.4) is 0 Å². The number of aryl methyl sites for hydroxylation is 1. The number of ether oxygens (including phenoxy) is 3. The minimum Gasteiger partial charge on any atom is -0.495 e. The maximum atomic E-state index is 13.2. The topological polar surface area (TPSA) is 100.0 Å². The highest BCUT2D eigenvalue weighted by molar-refractivity contribution is 7.86. The van der Waals surface area contributed by atoms with Crippen LogP contribution in [0.5, 0.6) is 5.75 Å². The molecule has 1 saturated carbocycles. The highest BCUT2D eigenvalue weighted by atomic mass is 32.2. The summed E-state index contributed by atoms with van der Waals surface area (Å²) in [7, 11) is -0.239. The van der Waals surface area contributed by atoms with Crippen LogP contribution in [-0.2, 0) is 20.5 Å². The Morgan fingerprint density at radius 2 is 1.61 bits per heavy atom. The molecular formula is C31H43N3O6S. The van der Waals surface area contributed by atoms with Crippen molar-refractivity contribution in [2.75, 3.05) is 17.7 Å². The Balaban J connectivity index is 0.00000226. The second kappa shape index (κ2) is 12.2. The zero-order valence-electron chi connectivity index (χ0n) is 26.1. The Labute approximate surface area is 245 Å². The SMILES string of the molecule is CC.COc1ccc(-c2cnc3c(c2)c(C)c(C2CC2)n3C(=O)OC(C)(C)C)cc1N(C(=O)OC(C)(C)C)S(C)=O. The van der Waals surface area contributed by atoms with Gasteiger partial charge in [0.15, 0.2) is 0 Å². The van der Waals surface area contributed by atoms with E-state index in [1.54, 1.807) is 43.7 Å². The molecule has 9 nitrogen and oxygen atoms in total. The number of hydrogen-bond donors (Lipinski definition) is 0. The average Bonchev–Trinajstić information content (AvgIpc) is 3.66. The second-order valence-electron chi connectivity index (χ2n) is 11.8. The fraction of sp³-hybridized carbons (Fsp3) is 0.516. The van der Waals surface area contributed by atoms with Crippen LogP contribution in [0.4, 0.5) is 15.3 Å². The van der Waals surface area contributed by atoms with Crippen molar-refractivity contribution in [2.24, 2.45) is 0 Å². The molecule has 41 heavy (non-hydrogen) atoms. The van der Waals surface area contributed by atoms with E-state index in [4.69, 9.17) is 19.2 Å². The van der Waals surface area contributed by atoms with E-state index in [-0.39, 0.29) is 0 Å². The molecular weight excluding hydrogens is 542 g/mol. The van der Waals surface area contributed by atoms with E-state index in [2.05, 4.69) is 0 Å². The van der Waals surface area contributed by atoms with Crippen LogP contribution < -0.4 is 9.04 Å². The maximum Gasteiger partial charge on any atom is 0.427 e. The Morgan fingerprint density at radius 3 is 2.12 bits per heavy atom. The number of amides is 1. The Hall–Kier alpha value is -3.40. The number of carbonyl (C=O) groups excluding carboxylic acids is 2. The summed E-state index contributed by atoms with van der Waals surface area (Å²) in [5.41, 5.74) is 2.88. The van der Waals surface area contributed by atoms with Crippen LogP contribution >= 0.6 is 0 Å². The third-order valence-electron chi connectivity index (χ3n) is 6.20. The molecule has 1 unspecified atom stereocenters. The first-order valence-electron chi connectivity index (χ1n) is 13.9. The largest absolute Gasteiger partial charge is 0.495 e. The number of fused-ring (bicyclic) bond motifs is 1. The first-order valence-corrected chi connectivity index (χ1v) is 15.4. The van der Waals surface area contributed by atoms with Gasteiger partial charge in [0.1, 0.15) is 39.3 Å². The van der Waals surface area contributed by atoms with Crippen molar-refractivity contribution in [3.05, 3.63) is 41.7 Å². The number of pyridine rings is 1. The minimum absolute atomic E-state index is 0.296. The van der Waals surface area contributed by atoms with E-state index in [0.29, 0.717) is 23.0 Å². The van der Waals surface area contributed by atoms with E-state index in [1.807, 2.05) is 53.7 Å². The van der Waals surface area contributed by atoms with Crippen molar-refractivity contribution >= 4 is 39.9 Å². The first kappa shape index (κ1) is 32.1. The van der Waals surface area contributed by atoms with Gasteiger partial charge in [-0.1, -0.05) is 19.9 Å². The van der Waals surface area contributed by atoms with Gasteiger partial charge in [-0.2, -0.15) is 4.31 Å². The summed E-state index contributed by atoms with van der Waals surface area (Å²) in [6.45, 7) is 16.8. The molecule has 1 amide bonds. The molecule has 0 bridgehead atoms. The summed E-state index contributed by atoms with van der Waals surface area (Å²) in [6, 6.07) is 7.28. The molecule has 0 N–H and O–H groups in total. The second-order valence-corrected chi connectivity index (χ2v) is 13.0. The molecule has 4 rings (SSSR count). The first-order chi connectivity index (χ1) is 19.1. The van der Waals surface area contributed by atoms with Crippen LogP contribution in [0.1, 0.15) is 85.4 Å². The van der Waals surface area contributed by atoms with Gasteiger partial charge in [-0.25, -0.2) is 23.3 Å². The molecule has 0 aliphatic heterocycles. The van der Waals surface area contributed by atoms with E-state index in [1.165, 1.54) is 13.4 Å². The molecule has 0 spiro atoms. The summed E-state index contributed by atoms with van der Waals surface area (Å²) in [6.07, 6.45) is 3.95. The van der Waals surface area contributed by atoms with Gasteiger partial charge in [0.25, 0.3) is 0 Å². The molecule has 1 aliphatic rings. The number of anilines is 1. The summed E-state index contributed by atoms with van der Waals surface area (Å²) in [4.78, 5) is 30.9. The lowest BCUT2D eigenvalue weighted by Gasteiger charge is -2.26. The molecule has 0 radical (unpaired) electrons. The highest BCUT2D eigenvalue weighted by Gasteiger charge is 2.35. The molecule has 1 atom stereocenters. The third kappa shape index (κ3) is 7.28. The predicted octanol–water partition coefficient (Wildman–Crippen LogP) is 7.74. The van der Waals surface area contributed by atoms with Crippen molar-refractivity contribution in [2.45, 2.75) is 92.3 Å². The van der Waals surface area contributed by atoms with Gasteiger partial charge in [0.05, 0.1) is 7.11 Å². The van der Waals surface area contributed by atoms with Crippen molar-refractivity contribution < 1.29 is 28.0 Å². The molecule has 224 valence electrons. The van der Waals surface area contributed by atoms with Gasteiger partial charge in [-0.3, -0.25) is 0 Å². The molecule has 1 fully saturated rings. The molecule has 0 saturated heterocycles. The predicted molar refractivity (Wildman–Crippen MR) is 164 cm³/mol. The molecule has 2 aromatic heterocycles. The standard InChI is InChI=1S/C29H37N3O6S.C2H6/c1-17-21-14-20(16-30-25(21)31(24(17)18-10-11-18)26(33)37-28(2,3)4)19-12-13-23(36-8)22(15-19)32(39(9)35)27(34)38-29(5,6)7;1-2/h12-16,18H,10-11H2,1-9H3;1-2H3. The zero-order valence-corrected chi connectivity index (χ0v) is 26.9. The highest BCUT2D eigenvalue weighted by Crippen LogP contribution is 2.45. The average molecular weight is 586 g/mol. The van der Waals surface area contributed by atoms with Crippen LogP contribution in [-0.4, -0.2) is 50.5 Å². The van der Waals surface area contributed by atoms with Gasteiger partial charge in [-0.15, -0.1) is 0 Å². The van der Waals surface area contributed by atoms with Gasteiger partial charge < -0.3 is 14.2 Å². The lowest BCUT2D eigenvalue weighted by Crippen LogP contribution is -2.37. The van der Waals surface area contributed by atoms with E-state index in [0.717, 1.165) is 44.9 Å². The molecule has 1 aliphatic carbocycles. The summed E-state index contributed by atoms with van der Waals surface area (Å²) >= 11 is 0. The van der Waals surface area contributed by atoms with Gasteiger partial charge >= 0.3 is 12.2 Å². The fourth-order valence-electron chi connectivity index (χ4n) is 4.50. The van der Waals surface area contributed by atoms with Gasteiger partial charge in [-0.05, 0) is 90.6 Å². The number of rotatable bonds is 5. The minimum atomic E-state index is -1.73. The third-order valence-corrected chi connectivity index (χ3v) is 7.06. The number of aromatic nitrogens is 2. The van der Waals surface area contributed by atoms with Crippen molar-refractivity contribution in [1.29, 1.82) is 0 Å². The smallest absolute Gasteiger partial charge is 0.427 e. The fourth-order valence-corrected chi connectivity index (χ4v) is 5.17. The Bertz CT molecular complexity index is 1460. The number of benzene rings is 1. The monoisotopic (exact) mass is 585 g/mol. The summed E-state index contributed by atoms with van der Waals surface area (Å²) in [5.74, 6) is 0.668. The van der Waals surface area contributed by atoms with Crippen molar-refractivity contribution in [3.8, 4) is 16.9 Å². The van der Waals surface area contributed by atoms with Crippen LogP contribution in [0, 0.1) is 6.92 Å². The normalized spacial score (nSPS) is 14.1.